The van der Waals surface area contributed by atoms with E-state index in [9.17, 15) is 4.79 Å². The molecule has 23 heavy (non-hydrogen) atoms. The molecule has 2 atom stereocenters. The maximum Gasteiger partial charge on any atom is 0.410 e. The van der Waals surface area contributed by atoms with Gasteiger partial charge in [0.2, 0.25) is 0 Å². The van der Waals surface area contributed by atoms with Crippen LogP contribution in [0.2, 0.25) is 0 Å². The molecule has 0 N–H and O–H groups in total. The molecular weight excluding hydrogens is 296 g/mol. The Labute approximate surface area is 135 Å². The number of ether oxygens (including phenoxy) is 2. The lowest BCUT2D eigenvalue weighted by Crippen LogP contribution is -2.36. The Hall–Kier alpha value is -2.24. The van der Waals surface area contributed by atoms with Gasteiger partial charge in [0.05, 0.1) is 25.3 Å². The molecule has 0 aliphatic carbocycles. The maximum atomic E-state index is 12.1. The van der Waals surface area contributed by atoms with E-state index in [4.69, 9.17) is 15.0 Å². The number of carbonyl (C=O) groups excluding carboxylic acids is 1. The van der Waals surface area contributed by atoms with Crippen LogP contribution in [-0.4, -0.2) is 41.8 Å². The van der Waals surface area contributed by atoms with Crippen molar-refractivity contribution in [2.24, 2.45) is 5.11 Å². The molecule has 1 fully saturated rings. The van der Waals surface area contributed by atoms with Crippen molar-refractivity contribution < 1.29 is 14.3 Å². The first-order valence-corrected chi connectivity index (χ1v) is 7.57. The monoisotopic (exact) mass is 318 g/mol. The second kappa shape index (κ2) is 7.35. The summed E-state index contributed by atoms with van der Waals surface area (Å²) in [5.74, 6) is 0. The molecule has 1 aliphatic heterocycles. The number of benzene rings is 1. The van der Waals surface area contributed by atoms with Crippen LogP contribution in [0.4, 0.5) is 4.79 Å². The van der Waals surface area contributed by atoms with Crippen molar-refractivity contribution in [1.82, 2.24) is 4.90 Å². The first-order valence-electron chi connectivity index (χ1n) is 7.57. The standard InChI is InChI=1S/C16H22N4O3/c1-16(2,3)23-15(21)20-9-13(18-19-17)14(10-20)22-11-12-7-5-4-6-8-12/h4-8,13-14H,9-11H2,1-3H3/t13-,14-/m0/s1. The van der Waals surface area contributed by atoms with Crippen molar-refractivity contribution in [2.75, 3.05) is 13.1 Å². The molecule has 124 valence electrons. The van der Waals surface area contributed by atoms with E-state index in [2.05, 4.69) is 10.0 Å². The molecule has 1 aromatic carbocycles. The van der Waals surface area contributed by atoms with Crippen LogP contribution in [0.3, 0.4) is 0 Å². The molecule has 0 bridgehead atoms. The zero-order chi connectivity index (χ0) is 16.9. The van der Waals surface area contributed by atoms with Crippen LogP contribution in [-0.2, 0) is 16.1 Å². The van der Waals surface area contributed by atoms with Crippen molar-refractivity contribution in [3.8, 4) is 0 Å². The molecule has 1 heterocycles. The third-order valence-electron chi connectivity index (χ3n) is 3.40. The Morgan fingerprint density at radius 2 is 2.04 bits per heavy atom. The summed E-state index contributed by atoms with van der Waals surface area (Å²) in [5.41, 5.74) is 9.18. The number of carbonyl (C=O) groups is 1. The van der Waals surface area contributed by atoms with Gasteiger partial charge < -0.3 is 14.4 Å². The molecule has 0 radical (unpaired) electrons. The predicted molar refractivity (Wildman–Crippen MR) is 85.8 cm³/mol. The molecule has 7 nitrogen and oxygen atoms in total. The molecule has 0 saturated carbocycles. The summed E-state index contributed by atoms with van der Waals surface area (Å²) in [4.78, 5) is 16.5. The highest BCUT2D eigenvalue weighted by molar-refractivity contribution is 5.68. The maximum absolute atomic E-state index is 12.1. The minimum Gasteiger partial charge on any atom is -0.444 e. The molecule has 1 amide bonds. The summed E-state index contributed by atoms with van der Waals surface area (Å²) >= 11 is 0. The van der Waals surface area contributed by atoms with E-state index in [-0.39, 0.29) is 6.10 Å². The normalized spacial score (nSPS) is 20.9. The first kappa shape index (κ1) is 17.1. The average molecular weight is 318 g/mol. The van der Waals surface area contributed by atoms with E-state index in [0.29, 0.717) is 19.7 Å². The molecule has 0 spiro atoms. The van der Waals surface area contributed by atoms with E-state index in [1.807, 2.05) is 51.1 Å². The molecule has 1 saturated heterocycles. The molecule has 7 heteroatoms. The minimum absolute atomic E-state index is 0.304. The van der Waals surface area contributed by atoms with Gasteiger partial charge in [-0.25, -0.2) is 4.79 Å². The molecule has 0 aromatic heterocycles. The zero-order valence-electron chi connectivity index (χ0n) is 13.7. The molecule has 0 unspecified atom stereocenters. The average Bonchev–Trinajstić information content (AvgIpc) is 2.88. The largest absolute Gasteiger partial charge is 0.444 e. The van der Waals surface area contributed by atoms with Gasteiger partial charge in [0.1, 0.15) is 5.60 Å². The van der Waals surface area contributed by atoms with Gasteiger partial charge in [-0.3, -0.25) is 0 Å². The van der Waals surface area contributed by atoms with Gasteiger partial charge in [-0.2, -0.15) is 0 Å². The molecule has 1 aromatic rings. The molecule has 2 rings (SSSR count). The third kappa shape index (κ3) is 5.16. The minimum atomic E-state index is -0.561. The van der Waals surface area contributed by atoms with Crippen molar-refractivity contribution in [2.45, 2.75) is 45.1 Å². The van der Waals surface area contributed by atoms with Gasteiger partial charge in [0.15, 0.2) is 0 Å². The Morgan fingerprint density at radius 3 is 2.65 bits per heavy atom. The summed E-state index contributed by atoms with van der Waals surface area (Å²) in [6, 6.07) is 9.32. The first-order chi connectivity index (χ1) is 10.9. The number of hydrogen-bond donors (Lipinski definition) is 0. The summed E-state index contributed by atoms with van der Waals surface area (Å²) < 4.78 is 11.2. The second-order valence-corrected chi connectivity index (χ2v) is 6.49. The van der Waals surface area contributed by atoms with Crippen molar-refractivity contribution >= 4 is 6.09 Å². The number of likely N-dealkylation sites (tertiary alicyclic amines) is 1. The Bertz CT molecular complexity index is 579. The van der Waals surface area contributed by atoms with Crippen LogP contribution in [0, 0.1) is 0 Å². The summed E-state index contributed by atoms with van der Waals surface area (Å²) in [6.45, 7) is 6.51. The highest BCUT2D eigenvalue weighted by atomic mass is 16.6. The van der Waals surface area contributed by atoms with Crippen LogP contribution in [0.15, 0.2) is 35.4 Å². The third-order valence-corrected chi connectivity index (χ3v) is 3.40. The Balaban J connectivity index is 1.97. The highest BCUT2D eigenvalue weighted by Gasteiger charge is 2.37. The molecule has 1 aliphatic rings. The fraction of sp³-hybridized carbons (Fsp3) is 0.562. The van der Waals surface area contributed by atoms with Crippen molar-refractivity contribution in [3.63, 3.8) is 0 Å². The van der Waals surface area contributed by atoms with Crippen LogP contribution >= 0.6 is 0 Å². The zero-order valence-corrected chi connectivity index (χ0v) is 13.7. The fourth-order valence-electron chi connectivity index (χ4n) is 2.35. The van der Waals surface area contributed by atoms with Gasteiger partial charge in [-0.05, 0) is 31.9 Å². The number of amides is 1. The number of rotatable bonds is 4. The van der Waals surface area contributed by atoms with Crippen LogP contribution < -0.4 is 0 Å². The summed E-state index contributed by atoms with van der Waals surface area (Å²) in [5, 5.41) is 3.75. The molecular formula is C16H22N4O3. The topological polar surface area (TPSA) is 87.5 Å². The van der Waals surface area contributed by atoms with Crippen LogP contribution in [0.1, 0.15) is 26.3 Å². The van der Waals surface area contributed by atoms with Gasteiger partial charge in [0.25, 0.3) is 0 Å². The smallest absolute Gasteiger partial charge is 0.410 e. The van der Waals surface area contributed by atoms with E-state index < -0.39 is 17.7 Å². The van der Waals surface area contributed by atoms with Gasteiger partial charge in [0, 0.05) is 11.5 Å². The lowest BCUT2D eigenvalue weighted by Gasteiger charge is -2.24. The van der Waals surface area contributed by atoms with E-state index >= 15 is 0 Å². The predicted octanol–water partition coefficient (Wildman–Crippen LogP) is 3.50. The SMILES string of the molecule is CC(C)(C)OC(=O)N1C[C@H](N=[N+]=[N-])[C@@H](OCc2ccccc2)C1. The van der Waals surface area contributed by atoms with E-state index in [1.54, 1.807) is 0 Å². The number of nitrogens with zero attached hydrogens (tertiary/aromatic N) is 4. The highest BCUT2D eigenvalue weighted by Crippen LogP contribution is 2.21. The lowest BCUT2D eigenvalue weighted by atomic mass is 10.2. The quantitative estimate of drug-likeness (QED) is 0.483. The number of hydrogen-bond acceptors (Lipinski definition) is 4. The number of azide groups is 1. The van der Waals surface area contributed by atoms with Crippen molar-refractivity contribution in [3.05, 3.63) is 46.3 Å². The summed E-state index contributed by atoms with van der Waals surface area (Å²) in [7, 11) is 0. The van der Waals surface area contributed by atoms with Gasteiger partial charge >= 0.3 is 6.09 Å². The van der Waals surface area contributed by atoms with Gasteiger partial charge in [-0.15, -0.1) is 0 Å². The van der Waals surface area contributed by atoms with Crippen LogP contribution in [0.5, 0.6) is 0 Å². The van der Waals surface area contributed by atoms with Crippen LogP contribution in [0.25, 0.3) is 10.4 Å². The van der Waals surface area contributed by atoms with E-state index in [1.165, 1.54) is 4.90 Å². The van der Waals surface area contributed by atoms with Crippen molar-refractivity contribution in [1.29, 1.82) is 0 Å². The Morgan fingerprint density at radius 1 is 1.35 bits per heavy atom. The van der Waals surface area contributed by atoms with Gasteiger partial charge in [-0.1, -0.05) is 35.4 Å². The van der Waals surface area contributed by atoms with E-state index in [0.717, 1.165) is 5.56 Å². The second-order valence-electron chi connectivity index (χ2n) is 6.49. The Kier molecular flexibility index (Phi) is 5.47. The fourth-order valence-corrected chi connectivity index (χ4v) is 2.35. The lowest BCUT2D eigenvalue weighted by molar-refractivity contribution is 0.0172. The summed E-state index contributed by atoms with van der Waals surface area (Å²) in [6.07, 6.45) is -0.750.